The maximum atomic E-state index is 10.3. The second-order valence-electron chi connectivity index (χ2n) is 13.9. The van der Waals surface area contributed by atoms with Gasteiger partial charge < -0.3 is 20.4 Å². The van der Waals surface area contributed by atoms with Gasteiger partial charge in [-0.3, -0.25) is 0 Å². The molecular weight excluding hydrogens is 544 g/mol. The Morgan fingerprint density at radius 2 is 1.02 bits per heavy atom. The molecule has 2 atom stereocenters. The van der Waals surface area contributed by atoms with Crippen LogP contribution in [0.4, 0.5) is 0 Å². The Bertz CT molecular complexity index is 1370. The van der Waals surface area contributed by atoms with Crippen LogP contribution in [0.1, 0.15) is 88.5 Å². The molecule has 0 amide bonds. The van der Waals surface area contributed by atoms with Crippen molar-refractivity contribution < 1.29 is 20.4 Å². The van der Waals surface area contributed by atoms with Gasteiger partial charge in [0.1, 0.15) is 6.10 Å². The van der Waals surface area contributed by atoms with Gasteiger partial charge in [-0.25, -0.2) is 0 Å². The van der Waals surface area contributed by atoms with Crippen molar-refractivity contribution in [3.63, 3.8) is 0 Å². The van der Waals surface area contributed by atoms with E-state index in [4.69, 9.17) is 0 Å². The molecule has 2 rings (SSSR count). The highest BCUT2D eigenvalue weighted by Gasteiger charge is 2.46. The van der Waals surface area contributed by atoms with Crippen molar-refractivity contribution in [2.45, 2.75) is 106 Å². The van der Waals surface area contributed by atoms with E-state index < -0.39 is 11.9 Å². The standard InChI is InChI=1S/C40H56O4/c1-28(17-13-19-30(3)21-23-35-32(5)25-34(41)26-38(35,7)8)15-11-12-16-29(2)18-14-20-31(4)22-24-36-33(6)40(43,44)37(42)27-39(36,9)10/h11-24,34,37,41-44H,25-27H2,1-10H3/b12-11+,17-13+,18-14+,23-21+,24-22+,28-15+,29-16+,30-19+,31-20+/t34-,37+/m1/s1. The molecule has 0 radical (unpaired) electrons. The van der Waals surface area contributed by atoms with Crippen molar-refractivity contribution in [1.82, 2.24) is 0 Å². The van der Waals surface area contributed by atoms with Crippen molar-refractivity contribution in [3.05, 3.63) is 130 Å². The van der Waals surface area contributed by atoms with Crippen molar-refractivity contribution in [2.75, 3.05) is 0 Å². The van der Waals surface area contributed by atoms with Gasteiger partial charge in [0.2, 0.25) is 5.79 Å². The largest absolute Gasteiger partial charge is 0.393 e. The van der Waals surface area contributed by atoms with Gasteiger partial charge in [-0.05, 0) is 88.4 Å². The van der Waals surface area contributed by atoms with Crippen molar-refractivity contribution in [3.8, 4) is 0 Å². The van der Waals surface area contributed by atoms with E-state index in [0.29, 0.717) is 5.57 Å². The Hall–Kier alpha value is -3.02. The van der Waals surface area contributed by atoms with Crippen LogP contribution in [0.2, 0.25) is 0 Å². The summed E-state index contributed by atoms with van der Waals surface area (Å²) >= 11 is 0. The highest BCUT2D eigenvalue weighted by atomic mass is 16.5. The second-order valence-corrected chi connectivity index (χ2v) is 13.9. The van der Waals surface area contributed by atoms with E-state index in [1.54, 1.807) is 6.92 Å². The van der Waals surface area contributed by atoms with Gasteiger partial charge in [0, 0.05) is 0 Å². The van der Waals surface area contributed by atoms with E-state index in [-0.39, 0.29) is 23.4 Å². The fourth-order valence-electron chi connectivity index (χ4n) is 5.99. The predicted octanol–water partition coefficient (Wildman–Crippen LogP) is 8.84. The van der Waals surface area contributed by atoms with Gasteiger partial charge in [-0.2, -0.15) is 0 Å². The van der Waals surface area contributed by atoms with Crippen LogP contribution in [0.15, 0.2) is 130 Å². The third-order valence-electron chi connectivity index (χ3n) is 8.62. The molecule has 0 bridgehead atoms. The summed E-state index contributed by atoms with van der Waals surface area (Å²) in [5, 5.41) is 40.8. The Labute approximate surface area is 267 Å². The highest BCUT2D eigenvalue weighted by Crippen LogP contribution is 2.44. The maximum absolute atomic E-state index is 10.3. The van der Waals surface area contributed by atoms with Crippen LogP contribution < -0.4 is 0 Å². The van der Waals surface area contributed by atoms with E-state index in [1.165, 1.54) is 16.7 Å². The van der Waals surface area contributed by atoms with Crippen molar-refractivity contribution in [1.29, 1.82) is 0 Å². The fraction of sp³-hybridized carbons (Fsp3) is 0.450. The minimum absolute atomic E-state index is 0.0106. The molecule has 2 aliphatic rings. The molecule has 240 valence electrons. The number of allylic oxidation sites excluding steroid dienone is 20. The molecule has 0 saturated carbocycles. The molecule has 2 aliphatic carbocycles. The maximum Gasteiger partial charge on any atom is 0.213 e. The summed E-state index contributed by atoms with van der Waals surface area (Å²) in [5.74, 6) is -2.20. The summed E-state index contributed by atoms with van der Waals surface area (Å²) < 4.78 is 0. The van der Waals surface area contributed by atoms with Gasteiger partial charge >= 0.3 is 0 Å². The summed E-state index contributed by atoms with van der Waals surface area (Å²) in [4.78, 5) is 0. The summed E-state index contributed by atoms with van der Waals surface area (Å²) in [6.07, 6.45) is 29.2. The minimum Gasteiger partial charge on any atom is -0.393 e. The molecule has 0 aliphatic heterocycles. The van der Waals surface area contributed by atoms with E-state index in [1.807, 2.05) is 63.3 Å². The van der Waals surface area contributed by atoms with E-state index in [2.05, 4.69) is 84.1 Å². The van der Waals surface area contributed by atoms with Crippen LogP contribution in [0.25, 0.3) is 0 Å². The third-order valence-corrected chi connectivity index (χ3v) is 8.62. The van der Waals surface area contributed by atoms with Crippen LogP contribution >= 0.6 is 0 Å². The summed E-state index contributed by atoms with van der Waals surface area (Å²) in [6, 6.07) is 0. The Morgan fingerprint density at radius 3 is 1.50 bits per heavy atom. The van der Waals surface area contributed by atoms with E-state index >= 15 is 0 Å². The lowest BCUT2D eigenvalue weighted by molar-refractivity contribution is -0.210. The smallest absolute Gasteiger partial charge is 0.213 e. The number of hydrogen-bond acceptors (Lipinski definition) is 4. The van der Waals surface area contributed by atoms with Crippen molar-refractivity contribution in [2.24, 2.45) is 10.8 Å². The van der Waals surface area contributed by atoms with Crippen LogP contribution in [0, 0.1) is 10.8 Å². The molecule has 0 spiro atoms. The molecule has 0 aromatic carbocycles. The molecule has 0 aromatic rings. The van der Waals surface area contributed by atoms with Crippen LogP contribution in [-0.2, 0) is 0 Å². The predicted molar refractivity (Wildman–Crippen MR) is 187 cm³/mol. The monoisotopic (exact) mass is 600 g/mol. The molecule has 0 saturated heterocycles. The van der Waals surface area contributed by atoms with Gasteiger partial charge in [0.05, 0.1) is 6.10 Å². The van der Waals surface area contributed by atoms with Gasteiger partial charge in [-0.1, -0.05) is 141 Å². The first-order valence-electron chi connectivity index (χ1n) is 15.7. The average Bonchev–Trinajstić information content (AvgIpc) is 2.88. The fourth-order valence-corrected chi connectivity index (χ4v) is 5.99. The summed E-state index contributed by atoms with van der Waals surface area (Å²) in [5.41, 5.74) is 7.95. The average molecular weight is 601 g/mol. The number of aliphatic hydroxyl groups is 4. The Morgan fingerprint density at radius 1 is 0.614 bits per heavy atom. The summed E-state index contributed by atoms with van der Waals surface area (Å²) in [6.45, 7) is 20.5. The van der Waals surface area contributed by atoms with Gasteiger partial charge in [-0.15, -0.1) is 0 Å². The molecule has 0 unspecified atom stereocenters. The molecule has 0 heterocycles. The first kappa shape index (κ1) is 37.2. The van der Waals surface area contributed by atoms with Gasteiger partial charge in [0.15, 0.2) is 0 Å². The minimum atomic E-state index is -2.20. The molecule has 4 N–H and O–H groups in total. The molecular formula is C40H56O4. The van der Waals surface area contributed by atoms with Gasteiger partial charge in [0.25, 0.3) is 0 Å². The van der Waals surface area contributed by atoms with Crippen molar-refractivity contribution >= 4 is 0 Å². The zero-order chi connectivity index (χ0) is 33.3. The SMILES string of the molecule is CC1=C(/C=C/C(C)=C/C=C/C(C)=C/C=C/C=C(C)/C=C/C=C(C)/C=C/C2=C(C)C(O)(O)[C@@H](O)CC2(C)C)C(C)(C)C[C@H](O)C1. The first-order chi connectivity index (χ1) is 20.4. The molecule has 44 heavy (non-hydrogen) atoms. The lowest BCUT2D eigenvalue weighted by atomic mass is 9.69. The zero-order valence-electron chi connectivity index (χ0n) is 28.6. The molecule has 4 nitrogen and oxygen atoms in total. The van der Waals surface area contributed by atoms with Crippen LogP contribution in [-0.4, -0.2) is 38.4 Å². The van der Waals surface area contributed by atoms with Crippen LogP contribution in [0.3, 0.4) is 0 Å². The zero-order valence-corrected chi connectivity index (χ0v) is 28.6. The third kappa shape index (κ3) is 10.9. The van der Waals surface area contributed by atoms with E-state index in [0.717, 1.165) is 35.1 Å². The number of rotatable bonds is 10. The molecule has 0 aromatic heterocycles. The second kappa shape index (κ2) is 15.8. The quantitative estimate of drug-likeness (QED) is 0.149. The number of aliphatic hydroxyl groups excluding tert-OH is 2. The summed E-state index contributed by atoms with van der Waals surface area (Å²) in [7, 11) is 0. The topological polar surface area (TPSA) is 80.9 Å². The lowest BCUT2D eigenvalue weighted by Gasteiger charge is -2.42. The van der Waals surface area contributed by atoms with Crippen LogP contribution in [0.5, 0.6) is 0 Å². The number of hydrogen-bond donors (Lipinski definition) is 4. The Balaban J connectivity index is 1.95. The normalized spacial score (nSPS) is 25.7. The Kier molecular flexibility index (Phi) is 13.4. The molecule has 0 fully saturated rings. The highest BCUT2D eigenvalue weighted by molar-refractivity contribution is 5.41. The first-order valence-corrected chi connectivity index (χ1v) is 15.7. The lowest BCUT2D eigenvalue weighted by Crippen LogP contribution is -2.50. The molecule has 4 heteroatoms. The van der Waals surface area contributed by atoms with E-state index in [9.17, 15) is 20.4 Å².